The first-order valence-electron chi connectivity index (χ1n) is 4.46. The van der Waals surface area contributed by atoms with Gasteiger partial charge < -0.3 is 10.9 Å². The highest BCUT2D eigenvalue weighted by Crippen LogP contribution is 2.30. The lowest BCUT2D eigenvalue weighted by Gasteiger charge is -2.07. The average molecular weight is 272 g/mol. The van der Waals surface area contributed by atoms with Crippen LogP contribution in [0.1, 0.15) is 0 Å². The standard InChI is InChI=1S/C9H7Cl2N5O/c10-5-3-1-2-4(6(5)11)7-8(12)16(17)9(13)15-14-7/h1-3,12,17H,(H2,13,15). The molecule has 17 heavy (non-hydrogen) atoms. The van der Waals surface area contributed by atoms with Crippen LogP contribution in [-0.4, -0.2) is 20.1 Å². The van der Waals surface area contributed by atoms with Crippen molar-refractivity contribution in [2.75, 3.05) is 5.73 Å². The van der Waals surface area contributed by atoms with Gasteiger partial charge in [0.25, 0.3) is 5.95 Å². The van der Waals surface area contributed by atoms with Gasteiger partial charge in [-0.3, -0.25) is 5.41 Å². The molecule has 1 aromatic carbocycles. The Morgan fingerprint density at radius 3 is 2.71 bits per heavy atom. The summed E-state index contributed by atoms with van der Waals surface area (Å²) in [6.45, 7) is 0. The van der Waals surface area contributed by atoms with E-state index in [1.165, 1.54) is 0 Å². The average Bonchev–Trinajstić information content (AvgIpc) is 2.31. The molecule has 0 unspecified atom stereocenters. The molecule has 0 aliphatic heterocycles. The van der Waals surface area contributed by atoms with Gasteiger partial charge in [0, 0.05) is 5.56 Å². The molecule has 1 aromatic heterocycles. The van der Waals surface area contributed by atoms with Gasteiger partial charge in [-0.25, -0.2) is 0 Å². The lowest BCUT2D eigenvalue weighted by atomic mass is 10.1. The van der Waals surface area contributed by atoms with E-state index < -0.39 is 0 Å². The first-order valence-corrected chi connectivity index (χ1v) is 5.21. The molecule has 8 heteroatoms. The number of anilines is 1. The fourth-order valence-electron chi connectivity index (χ4n) is 1.27. The number of aromatic nitrogens is 3. The smallest absolute Gasteiger partial charge is 0.255 e. The second-order valence-corrected chi connectivity index (χ2v) is 3.95. The molecule has 0 atom stereocenters. The monoisotopic (exact) mass is 271 g/mol. The molecular weight excluding hydrogens is 265 g/mol. The molecule has 2 rings (SSSR count). The third-order valence-corrected chi connectivity index (χ3v) is 2.93. The molecule has 0 fully saturated rings. The third-order valence-electron chi connectivity index (χ3n) is 2.11. The molecular formula is C9H7Cl2N5O. The van der Waals surface area contributed by atoms with E-state index in [9.17, 15) is 5.21 Å². The Hall–Kier alpha value is -1.79. The van der Waals surface area contributed by atoms with Gasteiger partial charge in [0.15, 0.2) is 5.49 Å². The summed E-state index contributed by atoms with van der Waals surface area (Å²) >= 11 is 11.8. The molecule has 88 valence electrons. The van der Waals surface area contributed by atoms with E-state index in [0.717, 1.165) is 0 Å². The van der Waals surface area contributed by atoms with Crippen molar-refractivity contribution in [1.82, 2.24) is 14.9 Å². The van der Waals surface area contributed by atoms with Crippen molar-refractivity contribution in [2.45, 2.75) is 0 Å². The van der Waals surface area contributed by atoms with E-state index in [0.29, 0.717) is 15.3 Å². The summed E-state index contributed by atoms with van der Waals surface area (Å²) in [5.74, 6) is -0.281. The Morgan fingerprint density at radius 2 is 2.00 bits per heavy atom. The Labute approximate surface area is 106 Å². The maximum Gasteiger partial charge on any atom is 0.255 e. The summed E-state index contributed by atoms with van der Waals surface area (Å²) in [7, 11) is 0. The van der Waals surface area contributed by atoms with E-state index in [4.69, 9.17) is 34.3 Å². The normalized spacial score (nSPS) is 10.5. The van der Waals surface area contributed by atoms with Crippen LogP contribution >= 0.6 is 23.2 Å². The van der Waals surface area contributed by atoms with Crippen molar-refractivity contribution in [3.63, 3.8) is 0 Å². The molecule has 1 heterocycles. The number of hydrogen-bond donors (Lipinski definition) is 3. The van der Waals surface area contributed by atoms with Crippen LogP contribution in [0.2, 0.25) is 10.0 Å². The molecule has 0 saturated heterocycles. The van der Waals surface area contributed by atoms with Crippen molar-refractivity contribution in [2.24, 2.45) is 0 Å². The van der Waals surface area contributed by atoms with Crippen LogP contribution in [0.5, 0.6) is 0 Å². The second kappa shape index (κ2) is 4.23. The highest BCUT2D eigenvalue weighted by atomic mass is 35.5. The minimum absolute atomic E-state index is 0.0919. The van der Waals surface area contributed by atoms with Crippen LogP contribution in [-0.2, 0) is 0 Å². The number of nitrogens with one attached hydrogen (secondary N) is 1. The number of hydrogen-bond acceptors (Lipinski definition) is 5. The van der Waals surface area contributed by atoms with Crippen molar-refractivity contribution >= 4 is 29.2 Å². The molecule has 2 aromatic rings. The summed E-state index contributed by atoms with van der Waals surface area (Å²) in [5.41, 5.74) is 5.47. The molecule has 0 bridgehead atoms. The number of nitrogens with zero attached hydrogens (tertiary/aromatic N) is 3. The van der Waals surface area contributed by atoms with Crippen LogP contribution in [0, 0.1) is 5.41 Å². The van der Waals surface area contributed by atoms with Gasteiger partial charge in [-0.15, -0.1) is 14.9 Å². The largest absolute Gasteiger partial charge is 0.423 e. The van der Waals surface area contributed by atoms with Crippen LogP contribution in [0.3, 0.4) is 0 Å². The van der Waals surface area contributed by atoms with Gasteiger partial charge in [-0.2, -0.15) is 0 Å². The zero-order chi connectivity index (χ0) is 12.6. The van der Waals surface area contributed by atoms with E-state index in [1.807, 2.05) is 0 Å². The quantitative estimate of drug-likeness (QED) is 0.685. The predicted molar refractivity (Wildman–Crippen MR) is 62.9 cm³/mol. The van der Waals surface area contributed by atoms with E-state index >= 15 is 0 Å². The highest BCUT2D eigenvalue weighted by molar-refractivity contribution is 6.43. The number of benzene rings is 1. The minimum atomic E-state index is -0.318. The molecule has 0 aliphatic rings. The Kier molecular flexibility index (Phi) is 2.91. The van der Waals surface area contributed by atoms with Gasteiger partial charge in [-0.05, 0) is 6.07 Å². The Balaban J connectivity index is 2.74. The van der Waals surface area contributed by atoms with E-state index in [-0.39, 0.29) is 22.2 Å². The van der Waals surface area contributed by atoms with Gasteiger partial charge in [0.1, 0.15) is 5.69 Å². The van der Waals surface area contributed by atoms with E-state index in [1.54, 1.807) is 18.2 Å². The summed E-state index contributed by atoms with van der Waals surface area (Å²) in [6.07, 6.45) is 0. The zero-order valence-electron chi connectivity index (χ0n) is 8.35. The van der Waals surface area contributed by atoms with Gasteiger partial charge in [0.05, 0.1) is 10.0 Å². The topological polar surface area (TPSA) is 101 Å². The SMILES string of the molecule is N=c1c(-c2cccc(Cl)c2Cl)nnc(N)n1O. The van der Waals surface area contributed by atoms with Crippen LogP contribution in [0.15, 0.2) is 18.2 Å². The van der Waals surface area contributed by atoms with Gasteiger partial charge >= 0.3 is 0 Å². The fourth-order valence-corrected chi connectivity index (χ4v) is 1.66. The molecule has 0 aliphatic carbocycles. The molecule has 0 amide bonds. The Morgan fingerprint density at radius 1 is 1.29 bits per heavy atom. The lowest BCUT2D eigenvalue weighted by molar-refractivity contribution is 0.172. The Bertz CT molecular complexity index is 640. The van der Waals surface area contributed by atoms with Crippen molar-refractivity contribution in [3.05, 3.63) is 33.7 Å². The van der Waals surface area contributed by atoms with Crippen LogP contribution < -0.4 is 11.2 Å². The van der Waals surface area contributed by atoms with Crippen LogP contribution in [0.4, 0.5) is 5.95 Å². The number of halogens is 2. The summed E-state index contributed by atoms with van der Waals surface area (Å²) < 4.78 is 0.416. The summed E-state index contributed by atoms with van der Waals surface area (Å²) in [4.78, 5) is 0. The van der Waals surface area contributed by atoms with Gasteiger partial charge in [-0.1, -0.05) is 35.3 Å². The van der Waals surface area contributed by atoms with Crippen molar-refractivity contribution in [1.29, 1.82) is 5.41 Å². The third kappa shape index (κ3) is 1.92. The first kappa shape index (κ1) is 11.7. The van der Waals surface area contributed by atoms with E-state index in [2.05, 4.69) is 10.2 Å². The van der Waals surface area contributed by atoms with Gasteiger partial charge in [0.2, 0.25) is 0 Å². The fraction of sp³-hybridized carbons (Fsp3) is 0. The maximum atomic E-state index is 9.43. The summed E-state index contributed by atoms with van der Waals surface area (Å²) in [5, 5.41) is 24.9. The van der Waals surface area contributed by atoms with Crippen molar-refractivity contribution in [3.8, 4) is 11.3 Å². The first-order chi connectivity index (χ1) is 8.02. The molecule has 0 spiro atoms. The van der Waals surface area contributed by atoms with Crippen LogP contribution in [0.25, 0.3) is 11.3 Å². The number of rotatable bonds is 1. The van der Waals surface area contributed by atoms with Crippen molar-refractivity contribution < 1.29 is 5.21 Å². The number of nitrogen functional groups attached to an aromatic ring is 1. The molecule has 4 N–H and O–H groups in total. The minimum Gasteiger partial charge on any atom is -0.423 e. The summed E-state index contributed by atoms with van der Waals surface area (Å²) in [6, 6.07) is 4.88. The molecule has 0 radical (unpaired) electrons. The molecule has 0 saturated carbocycles. The highest BCUT2D eigenvalue weighted by Gasteiger charge is 2.13. The maximum absolute atomic E-state index is 9.43. The molecule has 6 nitrogen and oxygen atoms in total. The second-order valence-electron chi connectivity index (χ2n) is 3.17. The predicted octanol–water partition coefficient (Wildman–Crippen LogP) is 1.55. The number of nitrogens with two attached hydrogens (primary N) is 1. The zero-order valence-corrected chi connectivity index (χ0v) is 9.87. The lowest BCUT2D eigenvalue weighted by Crippen LogP contribution is -2.25.